The molecule has 42 heavy (non-hydrogen) atoms. The van der Waals surface area contributed by atoms with E-state index in [1.807, 2.05) is 51.1 Å². The van der Waals surface area contributed by atoms with Crippen LogP contribution in [0.1, 0.15) is 60.9 Å². The molecule has 0 radical (unpaired) electrons. The normalized spacial score (nSPS) is 12.0. The van der Waals surface area contributed by atoms with Crippen LogP contribution in [0.5, 0.6) is 5.75 Å². The minimum atomic E-state index is -1.16. The molecule has 0 bridgehead atoms. The van der Waals surface area contributed by atoms with Crippen LogP contribution in [0.3, 0.4) is 0 Å². The second kappa shape index (κ2) is 13.3. The fourth-order valence-electron chi connectivity index (χ4n) is 4.61. The maximum atomic E-state index is 13.9. The molecule has 2 amide bonds. The van der Waals surface area contributed by atoms with E-state index in [1.165, 1.54) is 4.90 Å². The van der Waals surface area contributed by atoms with Crippen LogP contribution in [0.4, 0.5) is 0 Å². The summed E-state index contributed by atoms with van der Waals surface area (Å²) in [5, 5.41) is 4.63. The molecule has 4 rings (SSSR count). The Morgan fingerprint density at radius 2 is 1.71 bits per heavy atom. The smallest absolute Gasteiger partial charge is 0.355 e. The number of carbonyl (C=O) groups excluding carboxylic acids is 3. The van der Waals surface area contributed by atoms with Gasteiger partial charge in [0.2, 0.25) is 12.3 Å². The molecule has 0 aliphatic rings. The minimum Gasteiger partial charge on any atom is -0.489 e. The van der Waals surface area contributed by atoms with Crippen molar-refractivity contribution in [2.24, 2.45) is 0 Å². The van der Waals surface area contributed by atoms with Crippen molar-refractivity contribution in [3.63, 3.8) is 0 Å². The molecule has 3 aromatic carbocycles. The third kappa shape index (κ3) is 7.63. The number of aromatic nitrogens is 1. The molecule has 8 nitrogen and oxygen atoms in total. The summed E-state index contributed by atoms with van der Waals surface area (Å²) in [6, 6.07) is 18.6. The zero-order chi connectivity index (χ0) is 30.4. The number of nitrogens with one attached hydrogen (secondary N) is 2. The third-order valence-electron chi connectivity index (χ3n) is 6.35. The summed E-state index contributed by atoms with van der Waals surface area (Å²) in [6.45, 7) is 7.79. The highest BCUT2D eigenvalue weighted by Gasteiger charge is 2.36. The number of benzene rings is 3. The zero-order valence-corrected chi connectivity index (χ0v) is 25.4. The highest BCUT2D eigenvalue weighted by atomic mass is 35.5. The van der Waals surface area contributed by atoms with E-state index < -0.39 is 23.5 Å². The Labute approximate surface area is 254 Å². The van der Waals surface area contributed by atoms with Gasteiger partial charge in [0, 0.05) is 38.6 Å². The monoisotopic (exact) mass is 609 g/mol. The van der Waals surface area contributed by atoms with Crippen molar-refractivity contribution in [3.8, 4) is 5.75 Å². The van der Waals surface area contributed by atoms with E-state index in [0.717, 1.165) is 11.1 Å². The maximum absolute atomic E-state index is 13.9. The van der Waals surface area contributed by atoms with Crippen LogP contribution in [0, 0.1) is 0 Å². The van der Waals surface area contributed by atoms with Gasteiger partial charge in [-0.3, -0.25) is 9.59 Å². The molecule has 0 aliphatic heterocycles. The van der Waals surface area contributed by atoms with Crippen molar-refractivity contribution in [1.29, 1.82) is 0 Å². The predicted octanol–water partition coefficient (Wildman–Crippen LogP) is 6.84. The fourth-order valence-corrected chi connectivity index (χ4v) is 4.99. The molecular formula is C32H33Cl2N3O5. The Kier molecular flexibility index (Phi) is 9.81. The third-order valence-corrected chi connectivity index (χ3v) is 6.82. The molecular weight excluding hydrogens is 577 g/mol. The molecule has 4 aromatic rings. The molecule has 0 saturated carbocycles. The quantitative estimate of drug-likeness (QED) is 0.143. The average molecular weight is 611 g/mol. The van der Waals surface area contributed by atoms with Gasteiger partial charge in [-0.2, -0.15) is 0 Å². The van der Waals surface area contributed by atoms with Crippen molar-refractivity contribution in [2.75, 3.05) is 6.61 Å². The van der Waals surface area contributed by atoms with Crippen molar-refractivity contribution in [2.45, 2.75) is 52.4 Å². The van der Waals surface area contributed by atoms with E-state index in [2.05, 4.69) is 10.3 Å². The summed E-state index contributed by atoms with van der Waals surface area (Å²) in [5.41, 5.74) is 2.04. The van der Waals surface area contributed by atoms with Gasteiger partial charge in [-0.15, -0.1) is 0 Å². The van der Waals surface area contributed by atoms with Crippen LogP contribution in [0.15, 0.2) is 66.7 Å². The number of halogens is 2. The van der Waals surface area contributed by atoms with Gasteiger partial charge < -0.3 is 24.7 Å². The van der Waals surface area contributed by atoms with E-state index in [1.54, 1.807) is 43.3 Å². The Hall–Kier alpha value is -4.01. The lowest BCUT2D eigenvalue weighted by Gasteiger charge is -2.31. The molecule has 10 heteroatoms. The van der Waals surface area contributed by atoms with Crippen molar-refractivity contribution < 1.29 is 23.9 Å². The molecule has 0 spiro atoms. The minimum absolute atomic E-state index is 0.0831. The first-order valence-corrected chi connectivity index (χ1v) is 14.2. The second-order valence-corrected chi connectivity index (χ2v) is 11.7. The first-order chi connectivity index (χ1) is 20.0. The Balaban J connectivity index is 1.68. The Morgan fingerprint density at radius 1 is 1.00 bits per heavy atom. The van der Waals surface area contributed by atoms with Crippen LogP contribution >= 0.6 is 23.2 Å². The van der Waals surface area contributed by atoms with E-state index >= 15 is 0 Å². The number of hydrogen-bond donors (Lipinski definition) is 2. The van der Waals surface area contributed by atoms with Gasteiger partial charge in [-0.1, -0.05) is 53.5 Å². The first-order valence-electron chi connectivity index (χ1n) is 13.5. The average Bonchev–Trinajstić information content (AvgIpc) is 3.29. The number of carbonyl (C=O) groups is 3. The van der Waals surface area contributed by atoms with E-state index in [0.29, 0.717) is 45.3 Å². The number of ether oxygens (including phenoxy) is 2. The van der Waals surface area contributed by atoms with E-state index in [4.69, 9.17) is 32.7 Å². The molecule has 1 unspecified atom stereocenters. The lowest BCUT2D eigenvalue weighted by Crippen LogP contribution is -2.47. The number of H-pyrrole nitrogens is 1. The van der Waals surface area contributed by atoms with Gasteiger partial charge in [-0.25, -0.2) is 4.79 Å². The van der Waals surface area contributed by atoms with Crippen LogP contribution in [0.2, 0.25) is 10.0 Å². The highest BCUT2D eigenvalue weighted by molar-refractivity contribution is 6.31. The summed E-state index contributed by atoms with van der Waals surface area (Å²) in [6.07, 6.45) is 0.611. The van der Waals surface area contributed by atoms with Crippen LogP contribution < -0.4 is 10.1 Å². The molecule has 0 fully saturated rings. The van der Waals surface area contributed by atoms with Crippen LogP contribution in [0.25, 0.3) is 10.9 Å². The topological polar surface area (TPSA) is 101 Å². The first kappa shape index (κ1) is 30.9. The molecule has 1 atom stereocenters. The van der Waals surface area contributed by atoms with E-state index in [9.17, 15) is 14.4 Å². The number of rotatable bonds is 11. The van der Waals surface area contributed by atoms with E-state index in [-0.39, 0.29) is 18.8 Å². The van der Waals surface area contributed by atoms with Gasteiger partial charge >= 0.3 is 5.97 Å². The lowest BCUT2D eigenvalue weighted by atomic mass is 9.98. The number of fused-ring (bicyclic) bond motifs is 1. The Morgan fingerprint density at radius 3 is 2.36 bits per heavy atom. The standard InChI is InChI=1S/C32H33Cl2N3O5/c1-5-41-31(40)28-27(25-14-11-23(34)16-26(25)35-28)29(30(39)36-32(2,3)4)37(19-38)17-20-9-12-24(13-10-20)42-18-21-7-6-8-22(33)15-21/h6-16,19,29,35H,5,17-18H2,1-4H3,(H,36,39). The number of esters is 1. The summed E-state index contributed by atoms with van der Waals surface area (Å²) < 4.78 is 11.2. The van der Waals surface area contributed by atoms with Gasteiger partial charge in [0.25, 0.3) is 0 Å². The molecule has 220 valence electrons. The fraction of sp³-hybridized carbons (Fsp3) is 0.281. The lowest BCUT2D eigenvalue weighted by molar-refractivity contribution is -0.134. The van der Waals surface area contributed by atoms with Crippen LogP contribution in [-0.2, 0) is 27.5 Å². The zero-order valence-electron chi connectivity index (χ0n) is 23.9. The summed E-state index contributed by atoms with van der Waals surface area (Å²) in [4.78, 5) is 44.0. The summed E-state index contributed by atoms with van der Waals surface area (Å²) in [7, 11) is 0. The SMILES string of the molecule is CCOC(=O)c1[nH]c2cc(Cl)ccc2c1C(C(=O)NC(C)(C)C)N(C=O)Cc1ccc(OCc2cccc(Cl)c2)cc1. The van der Waals surface area contributed by atoms with Gasteiger partial charge in [-0.05, 0) is 75.2 Å². The number of nitrogens with zero attached hydrogens (tertiary/aromatic N) is 1. The molecule has 1 heterocycles. The molecule has 0 aliphatic carbocycles. The number of aromatic amines is 1. The molecule has 0 saturated heterocycles. The van der Waals surface area contributed by atoms with Gasteiger partial charge in [0.05, 0.1) is 6.61 Å². The van der Waals surface area contributed by atoms with Crippen molar-refractivity contribution in [3.05, 3.63) is 99.2 Å². The second-order valence-electron chi connectivity index (χ2n) is 10.8. The molecule has 2 N–H and O–H groups in total. The highest BCUT2D eigenvalue weighted by Crippen LogP contribution is 2.35. The summed E-state index contributed by atoms with van der Waals surface area (Å²) >= 11 is 12.3. The molecule has 1 aromatic heterocycles. The predicted molar refractivity (Wildman–Crippen MR) is 164 cm³/mol. The number of hydrogen-bond acceptors (Lipinski definition) is 5. The van der Waals surface area contributed by atoms with Gasteiger partial charge in [0.15, 0.2) is 0 Å². The Bertz CT molecular complexity index is 1580. The maximum Gasteiger partial charge on any atom is 0.355 e. The number of amides is 2. The van der Waals surface area contributed by atoms with Crippen LogP contribution in [-0.4, -0.2) is 40.3 Å². The summed E-state index contributed by atoms with van der Waals surface area (Å²) in [5.74, 6) is -0.450. The van der Waals surface area contributed by atoms with Gasteiger partial charge in [0.1, 0.15) is 24.1 Å². The van der Waals surface area contributed by atoms with Crippen molar-refractivity contribution >= 4 is 52.4 Å². The largest absolute Gasteiger partial charge is 0.489 e. The van der Waals surface area contributed by atoms with Crippen molar-refractivity contribution in [1.82, 2.24) is 15.2 Å².